The SMILES string of the molecule is COc1ccc(S(=O)(=O)N(CC(=O)N/N=C\c2cccc(C)c2)c2ccc(C)cc2)cc1OC. The summed E-state index contributed by atoms with van der Waals surface area (Å²) in [5.74, 6) is 0.0692. The molecule has 0 saturated carbocycles. The summed E-state index contributed by atoms with van der Waals surface area (Å²) in [6.45, 7) is 3.38. The predicted octanol–water partition coefficient (Wildman–Crippen LogP) is 3.67. The second-order valence-electron chi connectivity index (χ2n) is 7.57. The van der Waals surface area contributed by atoms with Crippen LogP contribution in [0.4, 0.5) is 5.69 Å². The molecule has 0 saturated heterocycles. The molecule has 0 heterocycles. The first kappa shape index (κ1) is 24.8. The van der Waals surface area contributed by atoms with Gasteiger partial charge in [-0.15, -0.1) is 0 Å². The van der Waals surface area contributed by atoms with Crippen LogP contribution in [0.1, 0.15) is 16.7 Å². The van der Waals surface area contributed by atoms with Crippen molar-refractivity contribution in [3.8, 4) is 11.5 Å². The monoisotopic (exact) mass is 481 g/mol. The standard InChI is InChI=1S/C25H27N3O5S/c1-18-8-10-21(11-9-18)28(17-25(29)27-26-16-20-7-5-6-19(2)14-20)34(30,31)22-12-13-23(32-3)24(15-22)33-4/h5-16H,17H2,1-4H3,(H,27,29)/b26-16-. The van der Waals surface area contributed by atoms with Crippen LogP contribution < -0.4 is 19.2 Å². The van der Waals surface area contributed by atoms with Crippen LogP contribution in [0.3, 0.4) is 0 Å². The number of nitrogens with zero attached hydrogens (tertiary/aromatic N) is 2. The summed E-state index contributed by atoms with van der Waals surface area (Å²) >= 11 is 0. The Kier molecular flexibility index (Phi) is 7.91. The van der Waals surface area contributed by atoms with Gasteiger partial charge in [0, 0.05) is 6.07 Å². The molecule has 9 heteroatoms. The molecule has 0 spiro atoms. The fourth-order valence-electron chi connectivity index (χ4n) is 3.23. The fourth-order valence-corrected chi connectivity index (χ4v) is 4.66. The zero-order valence-electron chi connectivity index (χ0n) is 19.5. The lowest BCUT2D eigenvalue weighted by Gasteiger charge is -2.24. The van der Waals surface area contributed by atoms with Crippen LogP contribution >= 0.6 is 0 Å². The minimum Gasteiger partial charge on any atom is -0.493 e. The fraction of sp³-hybridized carbons (Fsp3) is 0.200. The second kappa shape index (κ2) is 10.8. The number of aryl methyl sites for hydroxylation is 2. The number of ether oxygens (including phenoxy) is 2. The third-order valence-electron chi connectivity index (χ3n) is 5.00. The van der Waals surface area contributed by atoms with Crippen LogP contribution in [0, 0.1) is 13.8 Å². The van der Waals surface area contributed by atoms with Crippen LogP contribution in [-0.4, -0.2) is 41.3 Å². The van der Waals surface area contributed by atoms with Crippen molar-refractivity contribution in [2.75, 3.05) is 25.1 Å². The van der Waals surface area contributed by atoms with Crippen molar-refractivity contribution < 1.29 is 22.7 Å². The van der Waals surface area contributed by atoms with Gasteiger partial charge in [-0.1, -0.05) is 47.5 Å². The van der Waals surface area contributed by atoms with Crippen LogP contribution in [0.15, 0.2) is 76.7 Å². The Labute approximate surface area is 199 Å². The van der Waals surface area contributed by atoms with E-state index in [0.29, 0.717) is 11.4 Å². The number of amides is 1. The van der Waals surface area contributed by atoms with Gasteiger partial charge in [0.2, 0.25) is 0 Å². The molecule has 1 N–H and O–H groups in total. The second-order valence-corrected chi connectivity index (χ2v) is 9.43. The number of nitrogens with one attached hydrogen (secondary N) is 1. The van der Waals surface area contributed by atoms with E-state index in [-0.39, 0.29) is 10.6 Å². The average Bonchev–Trinajstić information content (AvgIpc) is 2.82. The molecule has 1 amide bonds. The molecule has 3 rings (SSSR count). The van der Waals surface area contributed by atoms with Gasteiger partial charge in [0.15, 0.2) is 11.5 Å². The maximum absolute atomic E-state index is 13.6. The number of carbonyl (C=O) groups is 1. The molecular weight excluding hydrogens is 454 g/mol. The Morgan fingerprint density at radius 3 is 2.29 bits per heavy atom. The molecule has 0 aliphatic carbocycles. The zero-order chi connectivity index (χ0) is 24.7. The van der Waals surface area contributed by atoms with Crippen molar-refractivity contribution >= 4 is 27.8 Å². The number of rotatable bonds is 9. The van der Waals surface area contributed by atoms with Crippen LogP contribution in [0.25, 0.3) is 0 Å². The smallest absolute Gasteiger partial charge is 0.264 e. The van der Waals surface area contributed by atoms with Gasteiger partial charge < -0.3 is 9.47 Å². The Morgan fingerprint density at radius 2 is 1.65 bits per heavy atom. The lowest BCUT2D eigenvalue weighted by atomic mass is 10.2. The third-order valence-corrected chi connectivity index (χ3v) is 6.77. The van der Waals surface area contributed by atoms with Crippen LogP contribution in [0.2, 0.25) is 0 Å². The number of hydrazone groups is 1. The van der Waals surface area contributed by atoms with E-state index < -0.39 is 22.5 Å². The zero-order valence-corrected chi connectivity index (χ0v) is 20.3. The average molecular weight is 482 g/mol. The molecule has 0 aromatic heterocycles. The van der Waals surface area contributed by atoms with E-state index in [9.17, 15) is 13.2 Å². The van der Waals surface area contributed by atoms with Gasteiger partial charge in [-0.05, 0) is 43.7 Å². The van der Waals surface area contributed by atoms with E-state index >= 15 is 0 Å². The number of methoxy groups -OCH3 is 2. The number of benzene rings is 3. The maximum Gasteiger partial charge on any atom is 0.264 e. The van der Waals surface area contributed by atoms with Crippen LogP contribution in [-0.2, 0) is 14.8 Å². The van der Waals surface area contributed by atoms with Crippen molar-refractivity contribution in [2.24, 2.45) is 5.10 Å². The van der Waals surface area contributed by atoms with Gasteiger partial charge >= 0.3 is 0 Å². The molecule has 0 radical (unpaired) electrons. The summed E-state index contributed by atoms with van der Waals surface area (Å²) < 4.78 is 38.6. The molecule has 3 aromatic carbocycles. The molecule has 0 atom stereocenters. The molecule has 0 aliphatic heterocycles. The summed E-state index contributed by atoms with van der Waals surface area (Å²) in [4.78, 5) is 12.6. The highest BCUT2D eigenvalue weighted by atomic mass is 32.2. The first-order valence-electron chi connectivity index (χ1n) is 10.4. The number of anilines is 1. The van der Waals surface area contributed by atoms with Crippen molar-refractivity contribution in [2.45, 2.75) is 18.7 Å². The summed E-state index contributed by atoms with van der Waals surface area (Å²) in [5, 5.41) is 3.97. The molecule has 178 valence electrons. The van der Waals surface area contributed by atoms with E-state index in [4.69, 9.17) is 9.47 Å². The third kappa shape index (κ3) is 5.93. The first-order valence-corrected chi connectivity index (χ1v) is 11.9. The van der Waals surface area contributed by atoms with E-state index in [1.165, 1.54) is 38.6 Å². The lowest BCUT2D eigenvalue weighted by Crippen LogP contribution is -2.39. The molecule has 0 bridgehead atoms. The maximum atomic E-state index is 13.6. The number of sulfonamides is 1. The Morgan fingerprint density at radius 1 is 0.941 bits per heavy atom. The molecular formula is C25H27N3O5S. The highest BCUT2D eigenvalue weighted by Gasteiger charge is 2.28. The molecule has 0 aliphatic rings. The van der Waals surface area contributed by atoms with Gasteiger partial charge in [-0.3, -0.25) is 9.10 Å². The highest BCUT2D eigenvalue weighted by Crippen LogP contribution is 2.32. The summed E-state index contributed by atoms with van der Waals surface area (Å²) in [6.07, 6.45) is 1.50. The largest absolute Gasteiger partial charge is 0.493 e. The van der Waals surface area contributed by atoms with E-state index in [0.717, 1.165) is 21.0 Å². The van der Waals surface area contributed by atoms with Crippen molar-refractivity contribution in [1.82, 2.24) is 5.43 Å². The number of hydrogen-bond acceptors (Lipinski definition) is 6. The van der Waals surface area contributed by atoms with Gasteiger partial charge in [0.1, 0.15) is 6.54 Å². The number of hydrogen-bond donors (Lipinski definition) is 1. The molecule has 3 aromatic rings. The summed E-state index contributed by atoms with van der Waals surface area (Å²) in [6, 6.07) is 18.7. The minimum atomic E-state index is -4.12. The van der Waals surface area contributed by atoms with Crippen molar-refractivity contribution in [3.05, 3.63) is 83.4 Å². The Hall–Kier alpha value is -3.85. The topological polar surface area (TPSA) is 97.3 Å². The molecule has 0 unspecified atom stereocenters. The first-order chi connectivity index (χ1) is 16.2. The quantitative estimate of drug-likeness (QED) is 0.372. The van der Waals surface area contributed by atoms with Crippen molar-refractivity contribution in [3.63, 3.8) is 0 Å². The van der Waals surface area contributed by atoms with Gasteiger partial charge in [-0.2, -0.15) is 5.10 Å². The summed E-state index contributed by atoms with van der Waals surface area (Å²) in [5.41, 5.74) is 5.58. The van der Waals surface area contributed by atoms with E-state index in [2.05, 4.69) is 10.5 Å². The van der Waals surface area contributed by atoms with E-state index in [1.54, 1.807) is 24.3 Å². The van der Waals surface area contributed by atoms with Gasteiger partial charge in [0.25, 0.3) is 15.9 Å². The normalized spacial score (nSPS) is 11.3. The Bertz CT molecular complexity index is 1290. The van der Waals surface area contributed by atoms with Crippen LogP contribution in [0.5, 0.6) is 11.5 Å². The molecule has 0 fully saturated rings. The number of carbonyl (C=O) groups excluding carboxylic acids is 1. The summed E-state index contributed by atoms with van der Waals surface area (Å²) in [7, 11) is -1.23. The van der Waals surface area contributed by atoms with Gasteiger partial charge in [-0.25, -0.2) is 13.8 Å². The molecule has 8 nitrogen and oxygen atoms in total. The highest BCUT2D eigenvalue weighted by molar-refractivity contribution is 7.92. The Balaban J connectivity index is 1.89. The molecule has 34 heavy (non-hydrogen) atoms. The minimum absolute atomic E-state index is 0.0400. The predicted molar refractivity (Wildman–Crippen MR) is 132 cm³/mol. The van der Waals surface area contributed by atoms with Gasteiger partial charge in [0.05, 0.1) is 31.0 Å². The lowest BCUT2D eigenvalue weighted by molar-refractivity contribution is -0.119. The van der Waals surface area contributed by atoms with E-state index in [1.807, 2.05) is 38.1 Å². The van der Waals surface area contributed by atoms with Crippen molar-refractivity contribution in [1.29, 1.82) is 0 Å².